The van der Waals surface area contributed by atoms with Crippen molar-refractivity contribution in [1.29, 1.82) is 5.26 Å². The Hall–Kier alpha value is -3.66. The zero-order valence-electron chi connectivity index (χ0n) is 13.6. The Labute approximate surface area is 145 Å². The average molecular weight is 335 g/mol. The number of nitrogens with zero attached hydrogens (tertiary/aromatic N) is 2. The summed E-state index contributed by atoms with van der Waals surface area (Å²) in [6, 6.07) is 15.1. The van der Waals surface area contributed by atoms with Crippen LogP contribution in [0.2, 0.25) is 0 Å². The van der Waals surface area contributed by atoms with Gasteiger partial charge in [0.25, 0.3) is 5.91 Å². The number of nitrogens with two attached hydrogens (primary N) is 1. The highest BCUT2D eigenvalue weighted by Crippen LogP contribution is 2.13. The number of nitrogens with one attached hydrogen (secondary N) is 2. The van der Waals surface area contributed by atoms with Crippen LogP contribution in [0.4, 0.5) is 11.4 Å². The lowest BCUT2D eigenvalue weighted by atomic mass is 10.2. The molecule has 0 bridgehead atoms. The number of carbonyl (C=O) groups is 2. The van der Waals surface area contributed by atoms with Gasteiger partial charge in [-0.2, -0.15) is 10.4 Å². The van der Waals surface area contributed by atoms with Gasteiger partial charge in [-0.1, -0.05) is 12.1 Å². The van der Waals surface area contributed by atoms with E-state index >= 15 is 0 Å². The third-order valence-electron chi connectivity index (χ3n) is 3.26. The second-order valence-corrected chi connectivity index (χ2v) is 5.29. The van der Waals surface area contributed by atoms with Crippen molar-refractivity contribution in [2.75, 3.05) is 11.1 Å². The van der Waals surface area contributed by atoms with E-state index in [0.29, 0.717) is 28.2 Å². The molecule has 0 fully saturated rings. The number of benzene rings is 2. The first-order chi connectivity index (χ1) is 12.0. The van der Waals surface area contributed by atoms with Gasteiger partial charge in [-0.25, -0.2) is 5.43 Å². The fourth-order valence-electron chi connectivity index (χ4n) is 2.00. The Balaban J connectivity index is 1.92. The van der Waals surface area contributed by atoms with Gasteiger partial charge in [0.1, 0.15) is 6.07 Å². The number of nitrogen functional groups attached to an aromatic ring is 1. The lowest BCUT2D eigenvalue weighted by Crippen LogP contribution is -2.21. The number of carbonyl (C=O) groups excluding carboxylic acids is 2. The summed E-state index contributed by atoms with van der Waals surface area (Å²) in [5, 5.41) is 15.6. The molecule has 2 aromatic rings. The van der Waals surface area contributed by atoms with E-state index in [1.54, 1.807) is 55.5 Å². The van der Waals surface area contributed by atoms with Gasteiger partial charge in [0.2, 0.25) is 5.91 Å². The minimum absolute atomic E-state index is 0.0121. The smallest absolute Gasteiger partial charge is 0.271 e. The van der Waals surface area contributed by atoms with Crippen LogP contribution in [0.5, 0.6) is 0 Å². The minimum Gasteiger partial charge on any atom is -0.399 e. The van der Waals surface area contributed by atoms with E-state index in [0.717, 1.165) is 0 Å². The Morgan fingerprint density at radius 1 is 1.16 bits per heavy atom. The highest BCUT2D eigenvalue weighted by Gasteiger charge is 2.09. The minimum atomic E-state index is -0.394. The van der Waals surface area contributed by atoms with E-state index in [9.17, 15) is 9.59 Å². The van der Waals surface area contributed by atoms with E-state index in [-0.39, 0.29) is 12.3 Å². The van der Waals surface area contributed by atoms with Crippen molar-refractivity contribution in [3.8, 4) is 6.07 Å². The molecule has 0 heterocycles. The van der Waals surface area contributed by atoms with Crippen LogP contribution in [0.25, 0.3) is 0 Å². The summed E-state index contributed by atoms with van der Waals surface area (Å²) in [4.78, 5) is 23.9. The van der Waals surface area contributed by atoms with Crippen LogP contribution in [0.15, 0.2) is 53.6 Å². The Bertz CT molecular complexity index is 851. The van der Waals surface area contributed by atoms with Crippen molar-refractivity contribution in [2.24, 2.45) is 5.10 Å². The van der Waals surface area contributed by atoms with Gasteiger partial charge in [-0.3, -0.25) is 9.59 Å². The average Bonchev–Trinajstić information content (AvgIpc) is 2.60. The number of hydrazone groups is 1. The van der Waals surface area contributed by atoms with Crippen molar-refractivity contribution in [3.05, 3.63) is 59.7 Å². The van der Waals surface area contributed by atoms with Crippen LogP contribution in [0, 0.1) is 11.3 Å². The van der Waals surface area contributed by atoms with Crippen molar-refractivity contribution in [2.45, 2.75) is 13.3 Å². The summed E-state index contributed by atoms with van der Waals surface area (Å²) in [7, 11) is 0. The van der Waals surface area contributed by atoms with Crippen LogP contribution in [-0.2, 0) is 4.79 Å². The van der Waals surface area contributed by atoms with E-state index < -0.39 is 5.91 Å². The molecule has 0 aliphatic carbocycles. The lowest BCUT2D eigenvalue weighted by molar-refractivity contribution is -0.115. The molecule has 0 saturated carbocycles. The molecule has 0 spiro atoms. The van der Waals surface area contributed by atoms with Gasteiger partial charge in [-0.05, 0) is 43.3 Å². The third-order valence-corrected chi connectivity index (χ3v) is 3.26. The van der Waals surface area contributed by atoms with Gasteiger partial charge in [0.15, 0.2) is 0 Å². The molecular weight excluding hydrogens is 318 g/mol. The molecule has 0 unspecified atom stereocenters. The SMILES string of the molecule is CC(CC(=O)Nc1ccccc1C#N)=NNC(=O)c1ccc(N)cc1. The van der Waals surface area contributed by atoms with Crippen LogP contribution < -0.4 is 16.5 Å². The molecule has 2 aromatic carbocycles. The Morgan fingerprint density at radius 3 is 2.52 bits per heavy atom. The molecular formula is C18H17N5O2. The van der Waals surface area contributed by atoms with Gasteiger partial charge in [0, 0.05) is 17.0 Å². The zero-order chi connectivity index (χ0) is 18.2. The molecule has 2 amide bonds. The van der Waals surface area contributed by atoms with Crippen LogP contribution >= 0.6 is 0 Å². The highest BCUT2D eigenvalue weighted by atomic mass is 16.2. The van der Waals surface area contributed by atoms with Crippen molar-refractivity contribution in [3.63, 3.8) is 0 Å². The largest absolute Gasteiger partial charge is 0.399 e. The molecule has 0 aliphatic rings. The lowest BCUT2D eigenvalue weighted by Gasteiger charge is -2.07. The number of hydrogen-bond donors (Lipinski definition) is 3. The second-order valence-electron chi connectivity index (χ2n) is 5.29. The number of nitriles is 1. The second kappa shape index (κ2) is 8.26. The molecule has 0 aromatic heterocycles. The zero-order valence-corrected chi connectivity index (χ0v) is 13.6. The molecule has 4 N–H and O–H groups in total. The van der Waals surface area contributed by atoms with Crippen LogP contribution in [0.1, 0.15) is 29.3 Å². The van der Waals surface area contributed by atoms with Gasteiger partial charge < -0.3 is 11.1 Å². The summed E-state index contributed by atoms with van der Waals surface area (Å²) in [5.41, 5.74) is 10.2. The summed E-state index contributed by atoms with van der Waals surface area (Å²) in [6.45, 7) is 1.62. The van der Waals surface area contributed by atoms with E-state index in [4.69, 9.17) is 11.0 Å². The molecule has 126 valence electrons. The molecule has 7 heteroatoms. The summed E-state index contributed by atoms with van der Waals surface area (Å²) in [5.74, 6) is -0.722. The van der Waals surface area contributed by atoms with E-state index in [1.807, 2.05) is 6.07 Å². The molecule has 0 saturated heterocycles. The predicted octanol–water partition coefficient (Wildman–Crippen LogP) is 2.27. The standard InChI is InChI=1S/C18H17N5O2/c1-12(22-23-18(25)13-6-8-15(20)9-7-13)10-17(24)21-16-5-3-2-4-14(16)11-19/h2-9H,10,20H2,1H3,(H,21,24)(H,23,25). The highest BCUT2D eigenvalue weighted by molar-refractivity contribution is 6.06. The fraction of sp³-hybridized carbons (Fsp3) is 0.111. The maximum absolute atomic E-state index is 12.0. The normalized spacial score (nSPS) is 10.6. The van der Waals surface area contributed by atoms with Crippen molar-refractivity contribution >= 4 is 28.9 Å². The third kappa shape index (κ3) is 5.18. The monoisotopic (exact) mass is 335 g/mol. The van der Waals surface area contributed by atoms with Gasteiger partial charge in [-0.15, -0.1) is 0 Å². The summed E-state index contributed by atoms with van der Waals surface area (Å²) < 4.78 is 0. The number of amides is 2. The Morgan fingerprint density at radius 2 is 1.84 bits per heavy atom. The quantitative estimate of drug-likeness (QED) is 0.441. The molecule has 0 aliphatic heterocycles. The number of para-hydroxylation sites is 1. The van der Waals surface area contributed by atoms with E-state index in [1.165, 1.54) is 0 Å². The molecule has 25 heavy (non-hydrogen) atoms. The topological polar surface area (TPSA) is 120 Å². The number of hydrogen-bond acceptors (Lipinski definition) is 5. The number of rotatable bonds is 5. The fourth-order valence-corrected chi connectivity index (χ4v) is 2.00. The van der Waals surface area contributed by atoms with Crippen LogP contribution in [-0.4, -0.2) is 17.5 Å². The first-order valence-electron chi connectivity index (χ1n) is 7.47. The van der Waals surface area contributed by atoms with Gasteiger partial charge in [0.05, 0.1) is 17.7 Å². The molecule has 7 nitrogen and oxygen atoms in total. The number of anilines is 2. The summed E-state index contributed by atoms with van der Waals surface area (Å²) >= 11 is 0. The Kier molecular flexibility index (Phi) is 5.85. The summed E-state index contributed by atoms with van der Waals surface area (Å²) in [6.07, 6.45) is -0.0121. The molecule has 0 atom stereocenters. The first kappa shape index (κ1) is 17.7. The first-order valence-corrected chi connectivity index (χ1v) is 7.47. The van der Waals surface area contributed by atoms with Gasteiger partial charge >= 0.3 is 0 Å². The maximum atomic E-state index is 12.0. The molecule has 0 radical (unpaired) electrons. The van der Waals surface area contributed by atoms with Crippen LogP contribution in [0.3, 0.4) is 0 Å². The predicted molar refractivity (Wildman–Crippen MR) is 95.8 cm³/mol. The van der Waals surface area contributed by atoms with Crippen molar-refractivity contribution in [1.82, 2.24) is 5.43 Å². The van der Waals surface area contributed by atoms with Crippen molar-refractivity contribution < 1.29 is 9.59 Å². The maximum Gasteiger partial charge on any atom is 0.271 e. The van der Waals surface area contributed by atoms with E-state index in [2.05, 4.69) is 15.8 Å². The molecule has 2 rings (SSSR count).